The second-order valence-electron chi connectivity index (χ2n) is 7.68. The van der Waals surface area contributed by atoms with Crippen LogP contribution in [0, 0.1) is 5.92 Å². The van der Waals surface area contributed by atoms with Gasteiger partial charge in [0, 0.05) is 18.4 Å². The lowest BCUT2D eigenvalue weighted by atomic mass is 9.59. The zero-order valence-corrected chi connectivity index (χ0v) is 14.4. The van der Waals surface area contributed by atoms with Crippen molar-refractivity contribution in [1.82, 2.24) is 10.6 Å². The molecule has 1 amide bonds. The molecule has 1 saturated heterocycles. The molecule has 3 aliphatic carbocycles. The van der Waals surface area contributed by atoms with Crippen LogP contribution in [0.1, 0.15) is 53.4 Å². The Morgan fingerprint density at radius 1 is 1.00 bits per heavy atom. The minimum atomic E-state index is 0.0142. The summed E-state index contributed by atoms with van der Waals surface area (Å²) in [5.41, 5.74) is 5.92. The van der Waals surface area contributed by atoms with Crippen LogP contribution in [-0.4, -0.2) is 25.0 Å². The van der Waals surface area contributed by atoms with E-state index in [1.54, 1.807) is 0 Å². The molecule has 0 spiro atoms. The SMILES string of the molecule is O=C(NCC1CC2c3ccccc3C1c1ccccc12)C1CCCN1. The predicted molar refractivity (Wildman–Crippen MR) is 98.7 cm³/mol. The lowest BCUT2D eigenvalue weighted by molar-refractivity contribution is -0.123. The van der Waals surface area contributed by atoms with E-state index >= 15 is 0 Å². The van der Waals surface area contributed by atoms with Gasteiger partial charge in [0.2, 0.25) is 5.91 Å². The average Bonchev–Trinajstić information content (AvgIpc) is 3.21. The van der Waals surface area contributed by atoms with Gasteiger partial charge in [-0.05, 0) is 54.0 Å². The first-order valence-electron chi connectivity index (χ1n) is 9.51. The molecule has 128 valence electrons. The van der Waals surface area contributed by atoms with Crippen LogP contribution in [0.4, 0.5) is 0 Å². The van der Waals surface area contributed by atoms with E-state index < -0.39 is 0 Å². The number of amides is 1. The van der Waals surface area contributed by atoms with Gasteiger partial charge in [-0.1, -0.05) is 48.5 Å². The van der Waals surface area contributed by atoms with Gasteiger partial charge in [-0.15, -0.1) is 0 Å². The van der Waals surface area contributed by atoms with E-state index in [1.165, 1.54) is 22.3 Å². The summed E-state index contributed by atoms with van der Waals surface area (Å²) in [6.07, 6.45) is 3.21. The van der Waals surface area contributed by atoms with E-state index in [9.17, 15) is 4.79 Å². The van der Waals surface area contributed by atoms with Crippen LogP contribution in [0.15, 0.2) is 48.5 Å². The molecule has 0 radical (unpaired) electrons. The van der Waals surface area contributed by atoms with Crippen molar-refractivity contribution in [2.45, 2.75) is 37.1 Å². The second-order valence-corrected chi connectivity index (χ2v) is 7.68. The van der Waals surface area contributed by atoms with Crippen molar-refractivity contribution in [3.05, 3.63) is 70.8 Å². The predicted octanol–water partition coefficient (Wildman–Crippen LogP) is 3.15. The molecule has 0 aromatic heterocycles. The van der Waals surface area contributed by atoms with Crippen molar-refractivity contribution in [2.24, 2.45) is 5.92 Å². The minimum absolute atomic E-state index is 0.0142. The third-order valence-electron chi connectivity index (χ3n) is 6.34. The number of nitrogens with one attached hydrogen (secondary N) is 2. The molecule has 6 rings (SSSR count). The third kappa shape index (κ3) is 2.41. The maximum absolute atomic E-state index is 12.4. The van der Waals surface area contributed by atoms with Crippen LogP contribution in [0.5, 0.6) is 0 Å². The summed E-state index contributed by atoms with van der Waals surface area (Å²) >= 11 is 0. The van der Waals surface area contributed by atoms with Gasteiger partial charge in [0.15, 0.2) is 0 Å². The first-order chi connectivity index (χ1) is 12.3. The molecule has 2 aromatic rings. The molecule has 0 saturated carbocycles. The normalized spacial score (nSPS) is 29.1. The molecular weight excluding hydrogens is 308 g/mol. The Balaban J connectivity index is 1.43. The number of carbonyl (C=O) groups is 1. The summed E-state index contributed by atoms with van der Waals surface area (Å²) in [4.78, 5) is 12.4. The Bertz CT molecular complexity index is 762. The van der Waals surface area contributed by atoms with Crippen molar-refractivity contribution in [2.75, 3.05) is 13.1 Å². The zero-order valence-electron chi connectivity index (χ0n) is 14.4. The lowest BCUT2D eigenvalue weighted by Crippen LogP contribution is -2.45. The molecule has 1 heterocycles. The highest BCUT2D eigenvalue weighted by molar-refractivity contribution is 5.82. The first kappa shape index (κ1) is 15.2. The summed E-state index contributed by atoms with van der Waals surface area (Å²) in [6, 6.07) is 17.8. The van der Waals surface area contributed by atoms with Gasteiger partial charge >= 0.3 is 0 Å². The topological polar surface area (TPSA) is 41.1 Å². The third-order valence-corrected chi connectivity index (χ3v) is 6.34. The van der Waals surface area contributed by atoms with Gasteiger partial charge in [-0.3, -0.25) is 4.79 Å². The van der Waals surface area contributed by atoms with Gasteiger partial charge in [0.1, 0.15) is 0 Å². The monoisotopic (exact) mass is 332 g/mol. The first-order valence-corrected chi connectivity index (χ1v) is 9.51. The van der Waals surface area contributed by atoms with Crippen molar-refractivity contribution >= 4 is 5.91 Å². The van der Waals surface area contributed by atoms with Crippen molar-refractivity contribution in [3.8, 4) is 0 Å². The van der Waals surface area contributed by atoms with Crippen LogP contribution >= 0.6 is 0 Å². The van der Waals surface area contributed by atoms with Crippen molar-refractivity contribution < 1.29 is 4.79 Å². The van der Waals surface area contributed by atoms with Gasteiger partial charge in [-0.2, -0.15) is 0 Å². The molecule has 2 N–H and O–H groups in total. The average molecular weight is 332 g/mol. The molecule has 2 atom stereocenters. The molecule has 3 nitrogen and oxygen atoms in total. The molecule has 4 aliphatic rings. The fourth-order valence-electron chi connectivity index (χ4n) is 5.22. The molecule has 2 unspecified atom stereocenters. The molecule has 3 heteroatoms. The van der Waals surface area contributed by atoms with E-state index in [1.807, 2.05) is 0 Å². The lowest BCUT2D eigenvalue weighted by Gasteiger charge is -2.45. The molecule has 1 fully saturated rings. The smallest absolute Gasteiger partial charge is 0.237 e. The molecule has 25 heavy (non-hydrogen) atoms. The summed E-state index contributed by atoms with van der Waals surface area (Å²) in [6.45, 7) is 1.74. The number of carbonyl (C=O) groups excluding carboxylic acids is 1. The largest absolute Gasteiger partial charge is 0.354 e. The Kier molecular flexibility index (Phi) is 3.63. The highest BCUT2D eigenvalue weighted by Crippen LogP contribution is 2.55. The Morgan fingerprint density at radius 2 is 1.64 bits per heavy atom. The summed E-state index contributed by atoms with van der Waals surface area (Å²) in [5, 5.41) is 6.54. The number of fused-ring (bicyclic) bond motifs is 1. The van der Waals surface area contributed by atoms with Gasteiger partial charge in [0.25, 0.3) is 0 Å². The minimum Gasteiger partial charge on any atom is -0.354 e. The van der Waals surface area contributed by atoms with Gasteiger partial charge < -0.3 is 10.6 Å². The number of benzene rings is 2. The number of hydrogen-bond donors (Lipinski definition) is 2. The van der Waals surface area contributed by atoms with Crippen molar-refractivity contribution in [3.63, 3.8) is 0 Å². The van der Waals surface area contributed by atoms with E-state index in [4.69, 9.17) is 0 Å². The molecule has 2 bridgehead atoms. The highest BCUT2D eigenvalue weighted by Gasteiger charge is 2.43. The maximum atomic E-state index is 12.4. The van der Waals surface area contributed by atoms with Crippen molar-refractivity contribution in [1.29, 1.82) is 0 Å². The van der Waals surface area contributed by atoms with E-state index in [0.717, 1.165) is 32.4 Å². The van der Waals surface area contributed by atoms with Crippen LogP contribution in [0.25, 0.3) is 0 Å². The summed E-state index contributed by atoms with van der Waals surface area (Å²) in [5.74, 6) is 1.55. The van der Waals surface area contributed by atoms with Gasteiger partial charge in [0.05, 0.1) is 6.04 Å². The summed E-state index contributed by atoms with van der Waals surface area (Å²) in [7, 11) is 0. The molecular formula is C22H24N2O. The van der Waals surface area contributed by atoms with Crippen LogP contribution in [-0.2, 0) is 4.79 Å². The number of rotatable bonds is 3. The Labute approximate surface area is 148 Å². The molecule has 1 aliphatic heterocycles. The fourth-order valence-corrected chi connectivity index (χ4v) is 5.22. The van der Waals surface area contributed by atoms with Gasteiger partial charge in [-0.25, -0.2) is 0 Å². The summed E-state index contributed by atoms with van der Waals surface area (Å²) < 4.78 is 0. The number of hydrogen-bond acceptors (Lipinski definition) is 2. The maximum Gasteiger partial charge on any atom is 0.237 e. The standard InChI is InChI=1S/C22H24N2O/c25-22(20-10-5-11-23-20)24-13-14-12-19-15-6-1-3-8-17(15)21(14)18-9-4-2-7-16(18)19/h1-4,6-9,14,19-21,23H,5,10-13H2,(H,24,25). The van der Waals surface area contributed by atoms with E-state index in [2.05, 4.69) is 59.2 Å². The van der Waals surface area contributed by atoms with Crippen LogP contribution in [0.3, 0.4) is 0 Å². The zero-order chi connectivity index (χ0) is 16.8. The Morgan fingerprint density at radius 3 is 2.24 bits per heavy atom. The Hall–Kier alpha value is -2.13. The highest BCUT2D eigenvalue weighted by atomic mass is 16.2. The van der Waals surface area contributed by atoms with Crippen LogP contribution < -0.4 is 10.6 Å². The molecule has 2 aromatic carbocycles. The fraction of sp³-hybridized carbons (Fsp3) is 0.409. The van der Waals surface area contributed by atoms with Crippen LogP contribution in [0.2, 0.25) is 0 Å². The quantitative estimate of drug-likeness (QED) is 0.906. The second kappa shape index (κ2) is 5.99. The van der Waals surface area contributed by atoms with E-state index in [0.29, 0.717) is 17.8 Å². The van der Waals surface area contributed by atoms with E-state index in [-0.39, 0.29) is 11.9 Å².